The molecule has 194 valence electrons. The molecule has 0 aromatic heterocycles. The second kappa shape index (κ2) is 9.33. The average molecular weight is 515 g/mol. The zero-order chi connectivity index (χ0) is 26.6. The van der Waals surface area contributed by atoms with Crippen LogP contribution in [0.3, 0.4) is 0 Å². The van der Waals surface area contributed by atoms with Gasteiger partial charge in [0.1, 0.15) is 18.5 Å². The summed E-state index contributed by atoms with van der Waals surface area (Å²) < 4.78 is 20.8. The molecule has 0 unspecified atom stereocenters. The van der Waals surface area contributed by atoms with Crippen molar-refractivity contribution in [1.29, 1.82) is 0 Å². The molecule has 5 aromatic rings. The van der Waals surface area contributed by atoms with Gasteiger partial charge in [-0.3, -0.25) is 0 Å². The van der Waals surface area contributed by atoms with Crippen LogP contribution in [0.4, 0.5) is 0 Å². The van der Waals surface area contributed by atoms with E-state index in [0.717, 1.165) is 17.9 Å². The van der Waals surface area contributed by atoms with Crippen molar-refractivity contribution in [3.05, 3.63) is 114 Å². The Labute approximate surface area is 229 Å². The molecule has 2 aliphatic rings. The van der Waals surface area contributed by atoms with Gasteiger partial charge >= 0.3 is 0 Å². The lowest BCUT2D eigenvalue weighted by molar-refractivity contribution is -0.607. The standard InChI is InChI=1S/C35H32NO3/c1-35(2)38-22-31(34(39-35)25-16-18-28(37-3)19-17-25)36-20-26-14-12-23-8-4-6-10-29(23)32(26)33-27(21-36)15-13-24-9-5-7-11-30(24)33/h4-20,31,34H,21-22H2,1-3H3/q+1/t31-,34-/m1/s1. The normalized spacial score (nSPS) is 20.1. The highest BCUT2D eigenvalue weighted by atomic mass is 16.7. The molecule has 2 heterocycles. The van der Waals surface area contributed by atoms with E-state index in [-0.39, 0.29) is 12.1 Å². The van der Waals surface area contributed by atoms with E-state index in [1.165, 1.54) is 43.8 Å². The first-order valence-corrected chi connectivity index (χ1v) is 13.6. The van der Waals surface area contributed by atoms with Gasteiger partial charge in [0.2, 0.25) is 6.04 Å². The van der Waals surface area contributed by atoms with Crippen molar-refractivity contribution in [3.63, 3.8) is 0 Å². The Morgan fingerprint density at radius 3 is 2.15 bits per heavy atom. The first kappa shape index (κ1) is 24.1. The lowest BCUT2D eigenvalue weighted by atomic mass is 9.88. The molecule has 0 amide bonds. The lowest BCUT2D eigenvalue weighted by Crippen LogP contribution is -2.49. The van der Waals surface area contributed by atoms with E-state index in [1.807, 2.05) is 26.0 Å². The fourth-order valence-electron chi connectivity index (χ4n) is 6.20. The highest BCUT2D eigenvalue weighted by molar-refractivity contribution is 6.11. The van der Waals surface area contributed by atoms with Gasteiger partial charge in [-0.25, -0.2) is 4.58 Å². The van der Waals surface area contributed by atoms with Gasteiger partial charge in [0, 0.05) is 22.3 Å². The summed E-state index contributed by atoms with van der Waals surface area (Å²) in [6, 6.07) is 34.7. The quantitative estimate of drug-likeness (QED) is 0.234. The molecule has 2 aliphatic heterocycles. The third-order valence-electron chi connectivity index (χ3n) is 8.12. The maximum Gasteiger partial charge on any atom is 0.206 e. The van der Waals surface area contributed by atoms with Crippen molar-refractivity contribution in [3.8, 4) is 16.9 Å². The fourth-order valence-corrected chi connectivity index (χ4v) is 6.20. The largest absolute Gasteiger partial charge is 0.497 e. The molecule has 2 atom stereocenters. The molecular weight excluding hydrogens is 482 g/mol. The zero-order valence-corrected chi connectivity index (χ0v) is 22.6. The lowest BCUT2D eigenvalue weighted by Gasteiger charge is -2.39. The van der Waals surface area contributed by atoms with Gasteiger partial charge in [0.05, 0.1) is 7.11 Å². The molecule has 0 N–H and O–H groups in total. The van der Waals surface area contributed by atoms with Crippen LogP contribution in [-0.2, 0) is 16.0 Å². The minimum absolute atomic E-state index is 0.0110. The molecule has 0 spiro atoms. The van der Waals surface area contributed by atoms with E-state index in [9.17, 15) is 0 Å². The highest BCUT2D eigenvalue weighted by Crippen LogP contribution is 2.42. The van der Waals surface area contributed by atoms with Crippen molar-refractivity contribution in [2.24, 2.45) is 0 Å². The van der Waals surface area contributed by atoms with Crippen LogP contribution >= 0.6 is 0 Å². The molecule has 0 radical (unpaired) electrons. The molecule has 0 saturated carbocycles. The molecule has 4 heteroatoms. The van der Waals surface area contributed by atoms with E-state index in [4.69, 9.17) is 14.2 Å². The second-order valence-corrected chi connectivity index (χ2v) is 11.0. The maximum atomic E-state index is 6.63. The summed E-state index contributed by atoms with van der Waals surface area (Å²) in [6.45, 7) is 5.31. The van der Waals surface area contributed by atoms with Crippen LogP contribution in [0.15, 0.2) is 97.1 Å². The monoisotopic (exact) mass is 514 g/mol. The van der Waals surface area contributed by atoms with Crippen LogP contribution in [0.1, 0.15) is 36.6 Å². The molecule has 0 bridgehead atoms. The molecule has 7 rings (SSSR count). The van der Waals surface area contributed by atoms with Gasteiger partial charge in [-0.2, -0.15) is 0 Å². The second-order valence-electron chi connectivity index (χ2n) is 11.0. The van der Waals surface area contributed by atoms with Crippen LogP contribution < -0.4 is 4.74 Å². The predicted molar refractivity (Wildman–Crippen MR) is 157 cm³/mol. The number of methoxy groups -OCH3 is 1. The van der Waals surface area contributed by atoms with Gasteiger partial charge in [-0.15, -0.1) is 0 Å². The van der Waals surface area contributed by atoms with E-state index >= 15 is 0 Å². The fraction of sp³-hybridized carbons (Fsp3) is 0.229. The SMILES string of the molecule is COc1ccc([C@H]2OC(C)(C)OC[C@H]2[N+]2=Cc3ccc4ccccc4c3-c3c(ccc4ccccc34)C2)cc1. The summed E-state index contributed by atoms with van der Waals surface area (Å²) in [5.41, 5.74) is 6.24. The van der Waals surface area contributed by atoms with Crippen LogP contribution in [0.5, 0.6) is 5.75 Å². The molecule has 4 nitrogen and oxygen atoms in total. The molecule has 1 fully saturated rings. The van der Waals surface area contributed by atoms with Gasteiger partial charge < -0.3 is 14.2 Å². The number of rotatable bonds is 3. The van der Waals surface area contributed by atoms with Gasteiger partial charge in [0.15, 0.2) is 18.5 Å². The maximum absolute atomic E-state index is 6.63. The van der Waals surface area contributed by atoms with E-state index in [0.29, 0.717) is 6.61 Å². The summed E-state index contributed by atoms with van der Waals surface area (Å²) in [7, 11) is 1.69. The summed E-state index contributed by atoms with van der Waals surface area (Å²) >= 11 is 0. The van der Waals surface area contributed by atoms with E-state index < -0.39 is 5.79 Å². The summed E-state index contributed by atoms with van der Waals surface area (Å²) in [5, 5.41) is 5.06. The topological polar surface area (TPSA) is 30.7 Å². The molecular formula is C35H32NO3+. The molecule has 0 aliphatic carbocycles. The average Bonchev–Trinajstić information content (AvgIpc) is 3.14. The minimum Gasteiger partial charge on any atom is -0.497 e. The van der Waals surface area contributed by atoms with Gasteiger partial charge in [0.25, 0.3) is 0 Å². The van der Waals surface area contributed by atoms with Crippen molar-refractivity contribution in [2.75, 3.05) is 13.7 Å². The summed E-state index contributed by atoms with van der Waals surface area (Å²) in [6.07, 6.45) is 2.16. The Bertz CT molecular complexity index is 1740. The number of benzene rings is 5. The first-order chi connectivity index (χ1) is 19.0. The third kappa shape index (κ3) is 4.21. The summed E-state index contributed by atoms with van der Waals surface area (Å²) in [4.78, 5) is 0. The number of nitrogens with zero attached hydrogens (tertiary/aromatic N) is 1. The van der Waals surface area contributed by atoms with Gasteiger partial charge in [-0.05, 0) is 59.2 Å². The van der Waals surface area contributed by atoms with E-state index in [2.05, 4.69) is 95.7 Å². The van der Waals surface area contributed by atoms with Crippen molar-refractivity contribution >= 4 is 27.8 Å². The number of ether oxygens (including phenoxy) is 3. The van der Waals surface area contributed by atoms with Gasteiger partial charge in [-0.1, -0.05) is 78.9 Å². The smallest absolute Gasteiger partial charge is 0.206 e. The summed E-state index contributed by atoms with van der Waals surface area (Å²) in [5.74, 6) is 0.166. The Morgan fingerprint density at radius 2 is 1.44 bits per heavy atom. The number of fused-ring (bicyclic) bond motifs is 7. The van der Waals surface area contributed by atoms with Crippen LogP contribution in [0.25, 0.3) is 32.7 Å². The van der Waals surface area contributed by atoms with Crippen LogP contribution in [0, 0.1) is 0 Å². The Balaban J connectivity index is 1.44. The minimum atomic E-state index is -0.671. The van der Waals surface area contributed by atoms with Crippen molar-refractivity contribution in [1.82, 2.24) is 0 Å². The van der Waals surface area contributed by atoms with Crippen LogP contribution in [0.2, 0.25) is 0 Å². The molecule has 39 heavy (non-hydrogen) atoms. The van der Waals surface area contributed by atoms with Crippen molar-refractivity contribution < 1.29 is 18.8 Å². The number of hydrogen-bond acceptors (Lipinski definition) is 3. The van der Waals surface area contributed by atoms with E-state index in [1.54, 1.807) is 7.11 Å². The Morgan fingerprint density at radius 1 is 0.769 bits per heavy atom. The molecule has 1 saturated heterocycles. The zero-order valence-electron chi connectivity index (χ0n) is 22.6. The molecule has 5 aromatic carbocycles. The number of hydrogen-bond donors (Lipinski definition) is 0. The first-order valence-electron chi connectivity index (χ1n) is 13.6. The third-order valence-corrected chi connectivity index (χ3v) is 8.12. The Hall–Kier alpha value is -3.99. The predicted octanol–water partition coefficient (Wildman–Crippen LogP) is 7.51. The Kier molecular flexibility index (Phi) is 5.76. The highest BCUT2D eigenvalue weighted by Gasteiger charge is 2.44. The van der Waals surface area contributed by atoms with Crippen molar-refractivity contribution in [2.45, 2.75) is 38.3 Å². The van der Waals surface area contributed by atoms with Crippen LogP contribution in [-0.4, -0.2) is 36.3 Å².